The van der Waals surface area contributed by atoms with Gasteiger partial charge in [0.25, 0.3) is 10.0 Å². The summed E-state index contributed by atoms with van der Waals surface area (Å²) < 4.78 is 34.3. The van der Waals surface area contributed by atoms with E-state index in [2.05, 4.69) is 5.32 Å². The molecule has 0 aliphatic rings. The second-order valence-corrected chi connectivity index (χ2v) is 12.1. The minimum absolute atomic E-state index is 0.00379. The van der Waals surface area contributed by atoms with Crippen molar-refractivity contribution < 1.29 is 22.7 Å². The highest BCUT2D eigenvalue weighted by Crippen LogP contribution is 2.26. The molecular formula is C33H34ClN3O5S. The molecule has 0 bridgehead atoms. The molecule has 0 aromatic heterocycles. The third kappa shape index (κ3) is 8.15. The van der Waals surface area contributed by atoms with Crippen molar-refractivity contribution in [3.63, 3.8) is 0 Å². The molecule has 4 aromatic rings. The smallest absolute Gasteiger partial charge is 0.264 e. The molecule has 4 aromatic carbocycles. The molecule has 0 spiro atoms. The van der Waals surface area contributed by atoms with Crippen molar-refractivity contribution in [1.82, 2.24) is 10.2 Å². The Labute approximate surface area is 257 Å². The Morgan fingerprint density at radius 1 is 0.860 bits per heavy atom. The fourth-order valence-electron chi connectivity index (χ4n) is 4.68. The summed E-state index contributed by atoms with van der Waals surface area (Å²) in [6, 6.07) is 29.9. The molecule has 0 aliphatic carbocycles. The molecule has 2 amide bonds. The Bertz CT molecular complexity index is 1620. The van der Waals surface area contributed by atoms with Crippen LogP contribution in [0, 0.1) is 0 Å². The van der Waals surface area contributed by atoms with E-state index in [1.165, 1.54) is 24.1 Å². The first kappa shape index (κ1) is 31.6. The van der Waals surface area contributed by atoms with Gasteiger partial charge in [0, 0.05) is 24.5 Å². The molecule has 4 rings (SSSR count). The number of sulfonamides is 1. The monoisotopic (exact) mass is 619 g/mol. The van der Waals surface area contributed by atoms with E-state index in [0.717, 1.165) is 9.87 Å². The second kappa shape index (κ2) is 14.7. The summed E-state index contributed by atoms with van der Waals surface area (Å²) in [6.45, 7) is 1.67. The van der Waals surface area contributed by atoms with Crippen LogP contribution >= 0.6 is 11.6 Å². The zero-order valence-electron chi connectivity index (χ0n) is 24.0. The van der Waals surface area contributed by atoms with Gasteiger partial charge in [0.1, 0.15) is 18.3 Å². The van der Waals surface area contributed by atoms with E-state index in [1.54, 1.807) is 67.6 Å². The molecular weight excluding hydrogens is 586 g/mol. The highest BCUT2D eigenvalue weighted by Gasteiger charge is 2.34. The number of nitrogens with zero attached hydrogens (tertiary/aromatic N) is 2. The molecule has 1 N–H and O–H groups in total. The van der Waals surface area contributed by atoms with Crippen molar-refractivity contribution in [2.45, 2.75) is 30.8 Å². The van der Waals surface area contributed by atoms with Gasteiger partial charge in [-0.2, -0.15) is 0 Å². The topological polar surface area (TPSA) is 96.0 Å². The first-order valence-corrected chi connectivity index (χ1v) is 15.6. The first-order valence-electron chi connectivity index (χ1n) is 13.8. The summed E-state index contributed by atoms with van der Waals surface area (Å²) in [4.78, 5) is 29.3. The highest BCUT2D eigenvalue weighted by atomic mass is 35.5. The van der Waals surface area contributed by atoms with Crippen LogP contribution in [-0.4, -0.2) is 51.4 Å². The lowest BCUT2D eigenvalue weighted by atomic mass is 10.0. The van der Waals surface area contributed by atoms with Crippen LogP contribution < -0.4 is 14.4 Å². The van der Waals surface area contributed by atoms with Crippen LogP contribution in [0.2, 0.25) is 5.02 Å². The molecule has 0 saturated heterocycles. The molecule has 0 aliphatic heterocycles. The number of likely N-dealkylation sites (N-methyl/N-ethyl adjacent to an activating group) is 1. The van der Waals surface area contributed by atoms with E-state index >= 15 is 0 Å². The summed E-state index contributed by atoms with van der Waals surface area (Å²) >= 11 is 6.26. The number of nitrogens with one attached hydrogen (secondary N) is 1. The van der Waals surface area contributed by atoms with Crippen LogP contribution in [0.15, 0.2) is 114 Å². The molecule has 0 fully saturated rings. The summed E-state index contributed by atoms with van der Waals surface area (Å²) in [5.74, 6) is -0.390. The molecule has 0 heterocycles. The number of halogens is 1. The van der Waals surface area contributed by atoms with Crippen LogP contribution in [0.3, 0.4) is 0 Å². The van der Waals surface area contributed by atoms with Crippen molar-refractivity contribution in [2.75, 3.05) is 24.5 Å². The fourth-order valence-corrected chi connectivity index (χ4v) is 6.30. The van der Waals surface area contributed by atoms with E-state index in [9.17, 15) is 18.0 Å². The Balaban J connectivity index is 1.77. The first-order chi connectivity index (χ1) is 20.7. The van der Waals surface area contributed by atoms with Crippen molar-refractivity contribution in [1.29, 1.82) is 0 Å². The van der Waals surface area contributed by atoms with Gasteiger partial charge in [-0.1, -0.05) is 72.3 Å². The Morgan fingerprint density at radius 2 is 1.49 bits per heavy atom. The minimum atomic E-state index is -4.19. The maximum absolute atomic E-state index is 14.3. The number of rotatable bonds is 13. The third-order valence-corrected chi connectivity index (χ3v) is 8.86. The number of hydrogen-bond acceptors (Lipinski definition) is 5. The number of amides is 2. The molecule has 0 radical (unpaired) electrons. The lowest BCUT2D eigenvalue weighted by Crippen LogP contribution is -2.53. The maximum Gasteiger partial charge on any atom is 0.264 e. The molecule has 1 unspecified atom stereocenters. The summed E-state index contributed by atoms with van der Waals surface area (Å²) in [6.07, 6.45) is 0.232. The molecule has 1 atom stereocenters. The molecule has 224 valence electrons. The molecule has 10 heteroatoms. The highest BCUT2D eigenvalue weighted by molar-refractivity contribution is 7.92. The quantitative estimate of drug-likeness (QED) is 0.219. The third-order valence-electron chi connectivity index (χ3n) is 6.83. The molecule has 43 heavy (non-hydrogen) atoms. The van der Waals surface area contributed by atoms with Crippen molar-refractivity contribution >= 4 is 39.1 Å². The lowest BCUT2D eigenvalue weighted by molar-refractivity contribution is -0.140. The predicted molar refractivity (Wildman–Crippen MR) is 169 cm³/mol. The van der Waals surface area contributed by atoms with Gasteiger partial charge in [-0.15, -0.1) is 0 Å². The number of para-hydroxylation sites is 1. The number of anilines is 1. The minimum Gasteiger partial charge on any atom is -0.497 e. The van der Waals surface area contributed by atoms with Crippen LogP contribution in [0.1, 0.15) is 18.1 Å². The lowest BCUT2D eigenvalue weighted by Gasteiger charge is -2.33. The Hall–Kier alpha value is -4.34. The molecule has 0 saturated carbocycles. The van der Waals surface area contributed by atoms with E-state index in [0.29, 0.717) is 28.6 Å². The van der Waals surface area contributed by atoms with E-state index in [-0.39, 0.29) is 23.8 Å². The predicted octanol–water partition coefficient (Wildman–Crippen LogP) is 5.32. The number of hydrogen-bond donors (Lipinski definition) is 1. The Kier molecular flexibility index (Phi) is 10.8. The number of methoxy groups -OCH3 is 1. The average Bonchev–Trinajstić information content (AvgIpc) is 3.02. The number of ether oxygens (including phenoxy) is 1. The summed E-state index contributed by atoms with van der Waals surface area (Å²) in [5, 5.41) is 3.33. The zero-order valence-corrected chi connectivity index (χ0v) is 25.6. The number of benzene rings is 4. The van der Waals surface area contributed by atoms with Gasteiger partial charge in [0.05, 0.1) is 17.7 Å². The van der Waals surface area contributed by atoms with Crippen LogP contribution in [-0.2, 0) is 32.6 Å². The van der Waals surface area contributed by atoms with Crippen molar-refractivity contribution in [2.24, 2.45) is 0 Å². The van der Waals surface area contributed by atoms with Gasteiger partial charge < -0.3 is 15.0 Å². The van der Waals surface area contributed by atoms with Gasteiger partial charge in [-0.25, -0.2) is 8.42 Å². The van der Waals surface area contributed by atoms with E-state index in [4.69, 9.17) is 16.3 Å². The van der Waals surface area contributed by atoms with Gasteiger partial charge in [0.15, 0.2) is 0 Å². The zero-order chi connectivity index (χ0) is 30.8. The van der Waals surface area contributed by atoms with Crippen LogP contribution in [0.4, 0.5) is 5.69 Å². The van der Waals surface area contributed by atoms with E-state index in [1.807, 2.05) is 36.4 Å². The van der Waals surface area contributed by atoms with Crippen LogP contribution in [0.25, 0.3) is 0 Å². The molecule has 8 nitrogen and oxygen atoms in total. The average molecular weight is 620 g/mol. The van der Waals surface area contributed by atoms with Gasteiger partial charge >= 0.3 is 0 Å². The largest absolute Gasteiger partial charge is 0.497 e. The normalized spacial score (nSPS) is 11.8. The van der Waals surface area contributed by atoms with Crippen LogP contribution in [0.5, 0.6) is 5.75 Å². The van der Waals surface area contributed by atoms with Crippen molar-refractivity contribution in [3.8, 4) is 5.75 Å². The number of carbonyl (C=O) groups is 2. The standard InChI is InChI=1S/C33H34ClN3O5S/c1-3-35-33(39)31(22-25-11-6-4-7-12-25)36(23-26-13-10-14-27(34)21-26)32(38)24-37(28-15-8-5-9-16-28)43(40,41)30-19-17-29(42-2)18-20-30/h4-21,31H,3,22-24H2,1-2H3,(H,35,39). The Morgan fingerprint density at radius 3 is 2.09 bits per heavy atom. The van der Waals surface area contributed by atoms with Gasteiger partial charge in [0.2, 0.25) is 11.8 Å². The summed E-state index contributed by atoms with van der Waals surface area (Å²) in [7, 11) is -2.70. The maximum atomic E-state index is 14.3. The van der Waals surface area contributed by atoms with E-state index < -0.39 is 28.5 Å². The second-order valence-electron chi connectivity index (χ2n) is 9.77. The van der Waals surface area contributed by atoms with Gasteiger partial charge in [-0.05, 0) is 66.6 Å². The van der Waals surface area contributed by atoms with Crippen molar-refractivity contribution in [3.05, 3.63) is 125 Å². The summed E-state index contributed by atoms with van der Waals surface area (Å²) in [5.41, 5.74) is 1.87. The van der Waals surface area contributed by atoms with Gasteiger partial charge in [-0.3, -0.25) is 13.9 Å². The SMILES string of the molecule is CCNC(=O)C(Cc1ccccc1)N(Cc1cccc(Cl)c1)C(=O)CN(c1ccccc1)S(=O)(=O)c1ccc(OC)cc1. The number of carbonyl (C=O) groups excluding carboxylic acids is 2. The fraction of sp³-hybridized carbons (Fsp3) is 0.212.